The molecule has 2 rings (SSSR count). The van der Waals surface area contributed by atoms with E-state index >= 15 is 0 Å². The van der Waals surface area contributed by atoms with E-state index in [-0.39, 0.29) is 24.1 Å². The van der Waals surface area contributed by atoms with Crippen LogP contribution in [0.1, 0.15) is 19.3 Å². The Balaban J connectivity index is 1.80. The molecule has 0 aromatic heterocycles. The number of anilines is 1. The first kappa shape index (κ1) is 15.2. The minimum Gasteiger partial charge on any atom is -0.392 e. The molecule has 1 aliphatic heterocycles. The highest BCUT2D eigenvalue weighted by molar-refractivity contribution is 6.30. The summed E-state index contributed by atoms with van der Waals surface area (Å²) in [6.45, 7) is 2.06. The standard InChI is InChI=1S/C14H18ClFN2O2/c15-10-3-4-13(12(16)8-10)17-14(20)5-7-18-6-1-2-11(19)9-18/h3-4,8,11,19H,1-2,5-7,9H2,(H,17,20). The van der Waals surface area contributed by atoms with Crippen LogP contribution in [0.15, 0.2) is 18.2 Å². The van der Waals surface area contributed by atoms with E-state index in [4.69, 9.17) is 11.6 Å². The van der Waals surface area contributed by atoms with E-state index in [1.54, 1.807) is 0 Å². The van der Waals surface area contributed by atoms with Crippen molar-refractivity contribution in [2.75, 3.05) is 25.0 Å². The minimum atomic E-state index is -0.542. The Kier molecular flexibility index (Phi) is 5.34. The predicted octanol–water partition coefficient (Wildman–Crippen LogP) is 2.26. The molecule has 0 saturated carbocycles. The molecule has 1 saturated heterocycles. The smallest absolute Gasteiger partial charge is 0.225 e. The molecule has 2 N–H and O–H groups in total. The molecule has 0 aliphatic carbocycles. The van der Waals surface area contributed by atoms with Crippen LogP contribution in [0, 0.1) is 5.82 Å². The van der Waals surface area contributed by atoms with Gasteiger partial charge in [0.1, 0.15) is 5.82 Å². The molecule has 4 nitrogen and oxygen atoms in total. The minimum absolute atomic E-state index is 0.137. The molecule has 1 atom stereocenters. The summed E-state index contributed by atoms with van der Waals surface area (Å²) in [7, 11) is 0. The number of likely N-dealkylation sites (tertiary alicyclic amines) is 1. The summed E-state index contributed by atoms with van der Waals surface area (Å²) in [5.74, 6) is -0.787. The Morgan fingerprint density at radius 2 is 2.35 bits per heavy atom. The first-order valence-corrected chi connectivity index (χ1v) is 7.08. The van der Waals surface area contributed by atoms with Gasteiger partial charge in [-0.1, -0.05) is 11.6 Å². The largest absolute Gasteiger partial charge is 0.392 e. The topological polar surface area (TPSA) is 52.6 Å². The molecule has 110 valence electrons. The average molecular weight is 301 g/mol. The lowest BCUT2D eigenvalue weighted by Gasteiger charge is -2.29. The number of nitrogens with one attached hydrogen (secondary N) is 1. The molecule has 0 spiro atoms. The molecule has 1 aliphatic rings. The molecule has 0 radical (unpaired) electrons. The Bertz CT molecular complexity index is 484. The van der Waals surface area contributed by atoms with Gasteiger partial charge in [0.25, 0.3) is 0 Å². The molecule has 0 bridgehead atoms. The monoisotopic (exact) mass is 300 g/mol. The van der Waals surface area contributed by atoms with E-state index in [0.717, 1.165) is 25.5 Å². The quantitative estimate of drug-likeness (QED) is 0.897. The first-order chi connectivity index (χ1) is 9.54. The van der Waals surface area contributed by atoms with Gasteiger partial charge < -0.3 is 15.3 Å². The molecule has 1 amide bonds. The molecule has 1 fully saturated rings. The van der Waals surface area contributed by atoms with Gasteiger partial charge in [-0.2, -0.15) is 0 Å². The number of carbonyl (C=O) groups is 1. The zero-order valence-electron chi connectivity index (χ0n) is 11.1. The number of aliphatic hydroxyl groups excluding tert-OH is 1. The van der Waals surface area contributed by atoms with Gasteiger partial charge in [0.05, 0.1) is 11.8 Å². The highest BCUT2D eigenvalue weighted by atomic mass is 35.5. The van der Waals surface area contributed by atoms with Crippen LogP contribution in [-0.2, 0) is 4.79 Å². The maximum Gasteiger partial charge on any atom is 0.225 e. The van der Waals surface area contributed by atoms with Crippen LogP contribution in [-0.4, -0.2) is 41.7 Å². The second kappa shape index (κ2) is 7.02. The molecule has 1 aromatic carbocycles. The van der Waals surface area contributed by atoms with Gasteiger partial charge >= 0.3 is 0 Å². The number of hydrogen-bond acceptors (Lipinski definition) is 3. The number of piperidine rings is 1. The third kappa shape index (κ3) is 4.44. The van der Waals surface area contributed by atoms with E-state index in [1.165, 1.54) is 12.1 Å². The van der Waals surface area contributed by atoms with Crippen molar-refractivity contribution in [3.8, 4) is 0 Å². The van der Waals surface area contributed by atoms with Gasteiger partial charge in [-0.15, -0.1) is 0 Å². The third-order valence-electron chi connectivity index (χ3n) is 3.34. The summed E-state index contributed by atoms with van der Waals surface area (Å²) in [6.07, 6.45) is 1.72. The Labute approximate surface area is 122 Å². The summed E-state index contributed by atoms with van der Waals surface area (Å²) < 4.78 is 13.5. The van der Waals surface area contributed by atoms with Crippen molar-refractivity contribution in [2.45, 2.75) is 25.4 Å². The normalized spacial score (nSPS) is 19.9. The number of β-amino-alcohol motifs (C(OH)–C–C–N with tert-alkyl or cyclic N) is 1. The fraction of sp³-hybridized carbons (Fsp3) is 0.500. The van der Waals surface area contributed by atoms with E-state index in [9.17, 15) is 14.3 Å². The fourth-order valence-electron chi connectivity index (χ4n) is 2.30. The molecule has 6 heteroatoms. The second-order valence-electron chi connectivity index (χ2n) is 5.02. The Hall–Kier alpha value is -1.17. The zero-order valence-corrected chi connectivity index (χ0v) is 11.9. The van der Waals surface area contributed by atoms with Crippen LogP contribution in [0.2, 0.25) is 5.02 Å². The van der Waals surface area contributed by atoms with E-state index in [0.29, 0.717) is 18.1 Å². The third-order valence-corrected chi connectivity index (χ3v) is 3.58. The Morgan fingerprint density at radius 1 is 1.55 bits per heavy atom. The number of carbonyl (C=O) groups excluding carboxylic acids is 1. The highest BCUT2D eigenvalue weighted by Gasteiger charge is 2.18. The van der Waals surface area contributed by atoms with Crippen molar-refractivity contribution in [3.05, 3.63) is 29.0 Å². The number of aliphatic hydroxyl groups is 1. The van der Waals surface area contributed by atoms with Gasteiger partial charge in [-0.05, 0) is 37.6 Å². The predicted molar refractivity (Wildman–Crippen MR) is 76.3 cm³/mol. The van der Waals surface area contributed by atoms with E-state index in [2.05, 4.69) is 5.32 Å². The zero-order chi connectivity index (χ0) is 14.5. The average Bonchev–Trinajstić information content (AvgIpc) is 2.40. The number of halogens is 2. The van der Waals surface area contributed by atoms with Crippen LogP contribution in [0.3, 0.4) is 0 Å². The van der Waals surface area contributed by atoms with Crippen LogP contribution < -0.4 is 5.32 Å². The van der Waals surface area contributed by atoms with Crippen LogP contribution in [0.5, 0.6) is 0 Å². The van der Waals surface area contributed by atoms with Gasteiger partial charge in [-0.3, -0.25) is 4.79 Å². The number of nitrogens with zero attached hydrogens (tertiary/aromatic N) is 1. The van der Waals surface area contributed by atoms with Gasteiger partial charge in [0.15, 0.2) is 0 Å². The summed E-state index contributed by atoms with van der Waals surface area (Å²) in [5, 5.41) is 12.4. The lowest BCUT2D eigenvalue weighted by atomic mass is 10.1. The lowest BCUT2D eigenvalue weighted by molar-refractivity contribution is -0.116. The molecule has 1 unspecified atom stereocenters. The Morgan fingerprint density at radius 3 is 3.05 bits per heavy atom. The molecule has 1 aromatic rings. The summed E-state index contributed by atoms with van der Waals surface area (Å²) in [6, 6.07) is 4.14. The summed E-state index contributed by atoms with van der Waals surface area (Å²) >= 11 is 5.65. The lowest BCUT2D eigenvalue weighted by Crippen LogP contribution is -2.39. The van der Waals surface area contributed by atoms with Gasteiger partial charge in [-0.25, -0.2) is 4.39 Å². The fourth-order valence-corrected chi connectivity index (χ4v) is 2.46. The second-order valence-corrected chi connectivity index (χ2v) is 5.46. The van der Waals surface area contributed by atoms with Crippen LogP contribution >= 0.6 is 11.6 Å². The van der Waals surface area contributed by atoms with Crippen molar-refractivity contribution in [1.82, 2.24) is 4.90 Å². The van der Waals surface area contributed by atoms with Crippen LogP contribution in [0.25, 0.3) is 0 Å². The van der Waals surface area contributed by atoms with Gasteiger partial charge in [0, 0.05) is 24.5 Å². The van der Waals surface area contributed by atoms with Crippen molar-refractivity contribution >= 4 is 23.2 Å². The number of amides is 1. The molecular weight excluding hydrogens is 283 g/mol. The maximum atomic E-state index is 13.5. The van der Waals surface area contributed by atoms with Crippen molar-refractivity contribution in [2.24, 2.45) is 0 Å². The SMILES string of the molecule is O=C(CCN1CCCC(O)C1)Nc1ccc(Cl)cc1F. The van der Waals surface area contributed by atoms with Crippen molar-refractivity contribution in [3.63, 3.8) is 0 Å². The number of hydrogen-bond donors (Lipinski definition) is 2. The molecule has 20 heavy (non-hydrogen) atoms. The number of rotatable bonds is 4. The summed E-state index contributed by atoms with van der Waals surface area (Å²) in [5.41, 5.74) is 0.137. The van der Waals surface area contributed by atoms with Gasteiger partial charge in [0.2, 0.25) is 5.91 Å². The highest BCUT2D eigenvalue weighted by Crippen LogP contribution is 2.19. The first-order valence-electron chi connectivity index (χ1n) is 6.70. The maximum absolute atomic E-state index is 13.5. The number of benzene rings is 1. The van der Waals surface area contributed by atoms with Crippen molar-refractivity contribution < 1.29 is 14.3 Å². The van der Waals surface area contributed by atoms with E-state index < -0.39 is 5.82 Å². The molecule has 1 heterocycles. The van der Waals surface area contributed by atoms with E-state index in [1.807, 2.05) is 4.90 Å². The summed E-state index contributed by atoms with van der Waals surface area (Å²) in [4.78, 5) is 13.8. The van der Waals surface area contributed by atoms with Crippen molar-refractivity contribution in [1.29, 1.82) is 0 Å². The van der Waals surface area contributed by atoms with Crippen LogP contribution in [0.4, 0.5) is 10.1 Å². The molecular formula is C14H18ClFN2O2.